The quantitative estimate of drug-likeness (QED) is 0.187. The molecule has 0 bridgehead atoms. The van der Waals surface area contributed by atoms with Crippen molar-refractivity contribution >= 4 is 11.6 Å². The first-order valence-corrected chi connectivity index (χ1v) is 16.2. The number of nitrogens with zero attached hydrogens (tertiary/aromatic N) is 3. The fourth-order valence-electron chi connectivity index (χ4n) is 5.69. The number of benzene rings is 3. The monoisotopic (exact) mass is 607 g/mol. The van der Waals surface area contributed by atoms with Gasteiger partial charge >= 0.3 is 0 Å². The number of pyridine rings is 2. The van der Waals surface area contributed by atoms with E-state index in [1.807, 2.05) is 12.4 Å². The molecular weight excluding hydrogens is 562 g/mol. The molecule has 1 saturated heterocycles. The second-order valence-corrected chi connectivity index (χ2v) is 15.7. The normalized spacial score (nSPS) is 13.7. The van der Waals surface area contributed by atoms with Gasteiger partial charge in [0.1, 0.15) is 6.54 Å². The predicted octanol–water partition coefficient (Wildman–Crippen LogP) is 10.4. The average Bonchev–Trinajstić information content (AvgIpc) is 3.76. The Morgan fingerprint density at radius 3 is 1.41 bits per heavy atom. The lowest BCUT2D eigenvalue weighted by molar-refractivity contribution is -0.109. The second-order valence-electron chi connectivity index (χ2n) is 15.7. The molecule has 1 amide bonds. The molecule has 0 unspecified atom stereocenters. The number of hydrogen-bond donors (Lipinski definition) is 0. The van der Waals surface area contributed by atoms with Crippen LogP contribution in [0.15, 0.2) is 97.3 Å². The molecule has 46 heavy (non-hydrogen) atoms. The van der Waals surface area contributed by atoms with Gasteiger partial charge in [-0.25, -0.2) is 0 Å². The van der Waals surface area contributed by atoms with E-state index in [-0.39, 0.29) is 22.2 Å². The van der Waals surface area contributed by atoms with Crippen molar-refractivity contribution in [1.82, 2.24) is 9.97 Å². The molecule has 1 fully saturated rings. The van der Waals surface area contributed by atoms with Gasteiger partial charge in [0, 0.05) is 40.3 Å². The third kappa shape index (κ3) is 6.67. The summed E-state index contributed by atoms with van der Waals surface area (Å²) >= 11 is 0. The lowest BCUT2D eigenvalue weighted by Gasteiger charge is -2.26. The molecule has 0 N–H and O–H groups in total. The van der Waals surface area contributed by atoms with Crippen molar-refractivity contribution in [2.45, 2.75) is 78.6 Å². The maximum absolute atomic E-state index is 12.2. The molecule has 4 nitrogen and oxygen atoms in total. The van der Waals surface area contributed by atoms with Gasteiger partial charge in [0.25, 0.3) is 0 Å². The van der Waals surface area contributed by atoms with Crippen LogP contribution in [0.4, 0.5) is 5.69 Å². The number of carbonyl (C=O) groups is 1. The number of carbonyl (C=O) groups excluding carboxylic acids is 1. The molecule has 0 atom stereocenters. The van der Waals surface area contributed by atoms with Gasteiger partial charge in [-0.05, 0) is 74.4 Å². The lowest BCUT2D eigenvalue weighted by atomic mass is 9.79. The number of rotatable bonds is 5. The highest BCUT2D eigenvalue weighted by Crippen LogP contribution is 2.37. The summed E-state index contributed by atoms with van der Waals surface area (Å²) in [6.07, 6.45) is 3.91. The molecule has 5 aromatic rings. The van der Waals surface area contributed by atoms with E-state index >= 15 is 0 Å². The highest BCUT2D eigenvalue weighted by Gasteiger charge is 2.32. The van der Waals surface area contributed by atoms with Crippen molar-refractivity contribution in [2.75, 3.05) is 11.4 Å². The minimum absolute atomic E-state index is 0.0402. The van der Waals surface area contributed by atoms with Crippen molar-refractivity contribution < 1.29 is 4.79 Å². The van der Waals surface area contributed by atoms with Crippen molar-refractivity contribution in [3.05, 3.63) is 114 Å². The molecule has 6 rings (SSSR count). The molecule has 2 aromatic heterocycles. The zero-order valence-corrected chi connectivity index (χ0v) is 28.7. The zero-order valence-electron chi connectivity index (χ0n) is 28.7. The largest absolute Gasteiger partial charge is 0.301 e. The molecule has 1 aliphatic rings. The molecule has 0 saturated carbocycles. The van der Waals surface area contributed by atoms with Gasteiger partial charge in [-0.15, -0.1) is 0 Å². The van der Waals surface area contributed by atoms with Crippen molar-refractivity contribution in [3.63, 3.8) is 0 Å². The van der Waals surface area contributed by atoms with E-state index in [2.05, 4.69) is 147 Å². The summed E-state index contributed by atoms with van der Waals surface area (Å²) in [7, 11) is 0. The molecule has 234 valence electrons. The first-order chi connectivity index (χ1) is 21.6. The predicted molar refractivity (Wildman–Crippen MR) is 192 cm³/mol. The van der Waals surface area contributed by atoms with Crippen molar-refractivity contribution in [1.29, 1.82) is 0 Å². The Hall–Kier alpha value is -4.57. The first kappa shape index (κ1) is 31.4. The number of anilines is 1. The summed E-state index contributed by atoms with van der Waals surface area (Å²) in [5, 5.41) is 0. The molecule has 3 aromatic carbocycles. The summed E-state index contributed by atoms with van der Waals surface area (Å²) in [5.74, 6) is 0.127. The van der Waals surface area contributed by atoms with E-state index in [0.717, 1.165) is 44.9 Å². The van der Waals surface area contributed by atoms with Crippen LogP contribution < -0.4 is 4.90 Å². The summed E-state index contributed by atoms with van der Waals surface area (Å²) < 4.78 is 0. The van der Waals surface area contributed by atoms with Gasteiger partial charge in [-0.2, -0.15) is 0 Å². The number of amides is 1. The molecule has 1 aliphatic heterocycles. The first-order valence-electron chi connectivity index (χ1n) is 16.2. The van der Waals surface area contributed by atoms with Gasteiger partial charge in [0.05, 0.1) is 11.4 Å². The van der Waals surface area contributed by atoms with Crippen LogP contribution in [0.2, 0.25) is 0 Å². The Kier molecular flexibility index (Phi) is 7.75. The van der Waals surface area contributed by atoms with E-state index in [0.29, 0.717) is 6.54 Å². The van der Waals surface area contributed by atoms with Gasteiger partial charge in [-0.1, -0.05) is 117 Å². The van der Waals surface area contributed by atoms with Crippen molar-refractivity contribution in [2.24, 2.45) is 0 Å². The molecule has 4 heteroatoms. The summed E-state index contributed by atoms with van der Waals surface area (Å²) in [4.78, 5) is 23.8. The third-order valence-corrected chi connectivity index (χ3v) is 8.90. The van der Waals surface area contributed by atoms with Crippen LogP contribution in [-0.2, 0) is 21.0 Å². The van der Waals surface area contributed by atoms with Gasteiger partial charge in [0.2, 0.25) is 5.91 Å². The van der Waals surface area contributed by atoms with Crippen LogP contribution in [0, 0.1) is 0 Å². The summed E-state index contributed by atoms with van der Waals surface area (Å²) in [5.41, 5.74) is 13.1. The Balaban J connectivity index is 1.35. The average molecular weight is 608 g/mol. The standard InChI is InChI=1S/C42H45N3O/c1-40(2,3)33-12-10-11-27(18-33)28-13-15-37(43-24-28)31-17-32(22-36(21-31)45-26-39(45)46)38-16-14-29(25-44-38)30-19-34(41(4,5)6)23-35(20-30)42(7,8)9/h10-25H,26H2,1-9H3. The Morgan fingerprint density at radius 1 is 0.500 bits per heavy atom. The van der Waals surface area contributed by atoms with E-state index in [1.54, 1.807) is 4.90 Å². The van der Waals surface area contributed by atoms with Crippen LogP contribution in [0.5, 0.6) is 0 Å². The highest BCUT2D eigenvalue weighted by molar-refractivity contribution is 6.12. The van der Waals surface area contributed by atoms with Gasteiger partial charge < -0.3 is 4.90 Å². The maximum Gasteiger partial charge on any atom is 0.247 e. The van der Waals surface area contributed by atoms with Crippen molar-refractivity contribution in [3.8, 4) is 44.8 Å². The minimum Gasteiger partial charge on any atom is -0.301 e. The van der Waals surface area contributed by atoms with Crippen LogP contribution in [0.3, 0.4) is 0 Å². The SMILES string of the molecule is CC(C)(C)c1cccc(-c2ccc(-c3cc(-c4ccc(-c5cc(C(C)(C)C)cc(C(C)(C)C)c5)cn4)cc(N4CC4=O)c3)nc2)c1. The fraction of sp³-hybridized carbons (Fsp3) is 0.310. The summed E-state index contributed by atoms with van der Waals surface area (Å²) in [6.45, 7) is 20.7. The topological polar surface area (TPSA) is 45.9 Å². The number of hydrogen-bond acceptors (Lipinski definition) is 3. The Bertz CT molecular complexity index is 1880. The van der Waals surface area contributed by atoms with Crippen LogP contribution in [-0.4, -0.2) is 22.4 Å². The van der Waals surface area contributed by atoms with E-state index in [1.165, 1.54) is 22.3 Å². The fourth-order valence-corrected chi connectivity index (χ4v) is 5.69. The molecule has 0 radical (unpaired) electrons. The van der Waals surface area contributed by atoms with Gasteiger partial charge in [0.15, 0.2) is 0 Å². The van der Waals surface area contributed by atoms with E-state index in [9.17, 15) is 4.79 Å². The molecule has 0 aliphatic carbocycles. The lowest BCUT2D eigenvalue weighted by Crippen LogP contribution is -2.16. The zero-order chi connectivity index (χ0) is 33.0. The second kappa shape index (κ2) is 11.3. The van der Waals surface area contributed by atoms with E-state index in [4.69, 9.17) is 9.97 Å². The van der Waals surface area contributed by atoms with Crippen LogP contribution >= 0.6 is 0 Å². The molecule has 3 heterocycles. The molecule has 0 spiro atoms. The minimum atomic E-state index is 0.0402. The van der Waals surface area contributed by atoms with E-state index < -0.39 is 0 Å². The highest BCUT2D eigenvalue weighted by atomic mass is 16.2. The van der Waals surface area contributed by atoms with Crippen LogP contribution in [0.25, 0.3) is 44.8 Å². The van der Waals surface area contributed by atoms with Crippen LogP contribution in [0.1, 0.15) is 79.0 Å². The Labute approximate surface area is 274 Å². The summed E-state index contributed by atoms with van der Waals surface area (Å²) in [6, 6.07) is 30.3. The number of aromatic nitrogens is 2. The maximum atomic E-state index is 12.2. The Morgan fingerprint density at radius 2 is 0.978 bits per heavy atom. The van der Waals surface area contributed by atoms with Gasteiger partial charge in [-0.3, -0.25) is 14.8 Å². The smallest absolute Gasteiger partial charge is 0.247 e. The third-order valence-electron chi connectivity index (χ3n) is 8.90. The molecular formula is C42H45N3O.